The number of aromatic hydroxyl groups is 1. The van der Waals surface area contributed by atoms with E-state index in [4.69, 9.17) is 4.74 Å². The molecule has 0 saturated heterocycles. The van der Waals surface area contributed by atoms with Gasteiger partial charge in [-0.2, -0.15) is 0 Å². The lowest BCUT2D eigenvalue weighted by Gasteiger charge is -2.25. The molecule has 0 heterocycles. The Labute approximate surface area is 150 Å². The van der Waals surface area contributed by atoms with Crippen molar-refractivity contribution in [2.75, 3.05) is 0 Å². The molecule has 0 fully saturated rings. The third-order valence-corrected chi connectivity index (χ3v) is 4.62. The van der Waals surface area contributed by atoms with Gasteiger partial charge in [-0.25, -0.2) is 4.79 Å². The van der Waals surface area contributed by atoms with E-state index in [1.807, 2.05) is 26.0 Å². The van der Waals surface area contributed by atoms with Gasteiger partial charge in [-0.3, -0.25) is 0 Å². The Kier molecular flexibility index (Phi) is 6.91. The normalized spacial score (nSPS) is 17.4. The Morgan fingerprint density at radius 1 is 1.32 bits per heavy atom. The summed E-state index contributed by atoms with van der Waals surface area (Å²) in [6.07, 6.45) is 8.32. The molecule has 138 valence electrons. The molecule has 1 aromatic rings. The van der Waals surface area contributed by atoms with Gasteiger partial charge in [0.25, 0.3) is 0 Å². The topological polar surface area (TPSA) is 66.8 Å². The molecule has 4 nitrogen and oxygen atoms in total. The molecule has 1 unspecified atom stereocenters. The van der Waals surface area contributed by atoms with E-state index in [0.717, 1.165) is 49.7 Å². The van der Waals surface area contributed by atoms with Crippen molar-refractivity contribution in [3.8, 4) is 11.5 Å². The van der Waals surface area contributed by atoms with E-state index in [-0.39, 0.29) is 17.8 Å². The Hall–Kier alpha value is -1.97. The molecule has 1 atom stereocenters. The first-order chi connectivity index (χ1) is 11.9. The number of allylic oxidation sites excluding steroid dienone is 1. The summed E-state index contributed by atoms with van der Waals surface area (Å²) in [7, 11) is 0. The standard InChI is InChI=1S/C21H30O4/c1-4-5-6-8-15-11-18(22)20(19(12-15)25-14(2)3)16-9-7-10-17(13-16)21(23)24/h11-14,16,22H,4-10H2,1-3H3,(H,23,24). The number of phenols is 1. The van der Waals surface area contributed by atoms with Crippen molar-refractivity contribution >= 4 is 5.97 Å². The van der Waals surface area contributed by atoms with Gasteiger partial charge in [0.05, 0.1) is 6.10 Å². The predicted octanol–water partition coefficient (Wildman–Crippen LogP) is 5.19. The lowest BCUT2D eigenvalue weighted by molar-refractivity contribution is -0.132. The number of hydrogen-bond acceptors (Lipinski definition) is 3. The molecular formula is C21H30O4. The van der Waals surface area contributed by atoms with E-state index in [2.05, 4.69) is 6.92 Å². The molecule has 0 saturated carbocycles. The molecule has 1 aromatic carbocycles. The molecule has 25 heavy (non-hydrogen) atoms. The van der Waals surface area contributed by atoms with Crippen LogP contribution in [0.3, 0.4) is 0 Å². The van der Waals surface area contributed by atoms with Gasteiger partial charge in [-0.15, -0.1) is 0 Å². The summed E-state index contributed by atoms with van der Waals surface area (Å²) in [4.78, 5) is 11.3. The summed E-state index contributed by atoms with van der Waals surface area (Å²) >= 11 is 0. The van der Waals surface area contributed by atoms with Gasteiger partial charge < -0.3 is 14.9 Å². The van der Waals surface area contributed by atoms with Crippen LogP contribution in [0.15, 0.2) is 23.8 Å². The van der Waals surface area contributed by atoms with E-state index in [1.165, 1.54) is 0 Å². The van der Waals surface area contributed by atoms with Crippen LogP contribution in [0.5, 0.6) is 11.5 Å². The van der Waals surface area contributed by atoms with Gasteiger partial charge in [0.1, 0.15) is 11.5 Å². The number of aryl methyl sites for hydroxylation is 1. The summed E-state index contributed by atoms with van der Waals surface area (Å²) in [5.74, 6) is -0.0723. The summed E-state index contributed by atoms with van der Waals surface area (Å²) in [6, 6.07) is 3.84. The first-order valence-corrected chi connectivity index (χ1v) is 9.38. The van der Waals surface area contributed by atoms with Crippen molar-refractivity contribution in [3.05, 3.63) is 34.9 Å². The van der Waals surface area contributed by atoms with Crippen LogP contribution in [-0.2, 0) is 11.2 Å². The third-order valence-electron chi connectivity index (χ3n) is 4.62. The Balaban J connectivity index is 2.38. The molecule has 0 radical (unpaired) electrons. The van der Waals surface area contributed by atoms with Gasteiger partial charge in [0.15, 0.2) is 0 Å². The van der Waals surface area contributed by atoms with Crippen LogP contribution in [0, 0.1) is 0 Å². The fourth-order valence-corrected chi connectivity index (χ4v) is 3.44. The van der Waals surface area contributed by atoms with Gasteiger partial charge in [0, 0.05) is 17.1 Å². The van der Waals surface area contributed by atoms with Crippen LogP contribution < -0.4 is 4.74 Å². The van der Waals surface area contributed by atoms with Crippen LogP contribution in [0.2, 0.25) is 0 Å². The summed E-state index contributed by atoms with van der Waals surface area (Å²) in [5.41, 5.74) is 2.23. The maximum atomic E-state index is 11.3. The van der Waals surface area contributed by atoms with Crippen molar-refractivity contribution in [1.82, 2.24) is 0 Å². The molecule has 0 spiro atoms. The molecule has 2 N–H and O–H groups in total. The van der Waals surface area contributed by atoms with Crippen molar-refractivity contribution in [2.24, 2.45) is 0 Å². The number of carboxylic acid groups (broad SMARTS) is 1. The molecule has 4 heteroatoms. The maximum Gasteiger partial charge on any atom is 0.331 e. The third kappa shape index (κ3) is 5.25. The van der Waals surface area contributed by atoms with E-state index in [0.29, 0.717) is 17.7 Å². The van der Waals surface area contributed by atoms with E-state index < -0.39 is 5.97 Å². The average molecular weight is 346 g/mol. The molecule has 2 rings (SSSR count). The fourth-order valence-electron chi connectivity index (χ4n) is 3.44. The molecule has 1 aliphatic rings. The quantitative estimate of drug-likeness (QED) is 0.636. The number of phenolic OH excluding ortho intramolecular Hbond substituents is 1. The number of aliphatic carboxylic acids is 1. The SMILES string of the molecule is CCCCCc1cc(O)c(C2C=C(C(=O)O)CCC2)c(OC(C)C)c1. The van der Waals surface area contributed by atoms with Crippen molar-refractivity contribution in [1.29, 1.82) is 0 Å². The second-order valence-electron chi connectivity index (χ2n) is 7.15. The fraction of sp³-hybridized carbons (Fsp3) is 0.571. The van der Waals surface area contributed by atoms with Crippen LogP contribution in [0.1, 0.15) is 76.3 Å². The number of rotatable bonds is 8. The number of hydrogen-bond donors (Lipinski definition) is 2. The highest BCUT2D eigenvalue weighted by Gasteiger charge is 2.25. The van der Waals surface area contributed by atoms with Gasteiger partial charge >= 0.3 is 5.97 Å². The van der Waals surface area contributed by atoms with Gasteiger partial charge in [-0.05, 0) is 63.6 Å². The second kappa shape index (κ2) is 8.93. The first-order valence-electron chi connectivity index (χ1n) is 9.38. The highest BCUT2D eigenvalue weighted by molar-refractivity contribution is 5.87. The number of carboxylic acids is 1. The van der Waals surface area contributed by atoms with Crippen molar-refractivity contribution in [3.63, 3.8) is 0 Å². The number of ether oxygens (including phenoxy) is 1. The van der Waals surface area contributed by atoms with E-state index in [1.54, 1.807) is 6.08 Å². The Morgan fingerprint density at radius 2 is 2.08 bits per heavy atom. The minimum absolute atomic E-state index is 0.00411. The zero-order valence-electron chi connectivity index (χ0n) is 15.5. The Morgan fingerprint density at radius 3 is 2.72 bits per heavy atom. The minimum atomic E-state index is -0.869. The maximum absolute atomic E-state index is 11.3. The highest BCUT2D eigenvalue weighted by atomic mass is 16.5. The lowest BCUT2D eigenvalue weighted by Crippen LogP contribution is -2.13. The summed E-state index contributed by atoms with van der Waals surface area (Å²) in [6.45, 7) is 6.09. The molecule has 0 aliphatic heterocycles. The molecule has 0 aromatic heterocycles. The summed E-state index contributed by atoms with van der Waals surface area (Å²) in [5, 5.41) is 20.0. The van der Waals surface area contributed by atoms with Crippen molar-refractivity contribution < 1.29 is 19.7 Å². The predicted molar refractivity (Wildman–Crippen MR) is 99.4 cm³/mol. The van der Waals surface area contributed by atoms with Crippen LogP contribution in [-0.4, -0.2) is 22.3 Å². The first kappa shape index (κ1) is 19.4. The molecule has 1 aliphatic carbocycles. The van der Waals surface area contributed by atoms with Gasteiger partial charge in [-0.1, -0.05) is 25.8 Å². The highest BCUT2D eigenvalue weighted by Crippen LogP contribution is 2.42. The zero-order valence-corrected chi connectivity index (χ0v) is 15.5. The largest absolute Gasteiger partial charge is 0.507 e. The minimum Gasteiger partial charge on any atom is -0.507 e. The zero-order chi connectivity index (χ0) is 18.4. The summed E-state index contributed by atoms with van der Waals surface area (Å²) < 4.78 is 5.99. The van der Waals surface area contributed by atoms with Crippen LogP contribution in [0.4, 0.5) is 0 Å². The lowest BCUT2D eigenvalue weighted by atomic mass is 9.84. The average Bonchev–Trinajstić information content (AvgIpc) is 2.54. The Bertz CT molecular complexity index is 631. The molecule has 0 amide bonds. The second-order valence-corrected chi connectivity index (χ2v) is 7.15. The molecule has 0 bridgehead atoms. The smallest absolute Gasteiger partial charge is 0.331 e. The van der Waals surface area contributed by atoms with Crippen LogP contribution in [0.25, 0.3) is 0 Å². The number of unbranched alkanes of at least 4 members (excludes halogenated alkanes) is 2. The monoisotopic (exact) mass is 346 g/mol. The number of benzene rings is 1. The van der Waals surface area contributed by atoms with Gasteiger partial charge in [0.2, 0.25) is 0 Å². The van der Waals surface area contributed by atoms with E-state index in [9.17, 15) is 15.0 Å². The molecular weight excluding hydrogens is 316 g/mol. The van der Waals surface area contributed by atoms with Crippen molar-refractivity contribution in [2.45, 2.75) is 77.7 Å². The van der Waals surface area contributed by atoms with Crippen LogP contribution >= 0.6 is 0 Å². The van der Waals surface area contributed by atoms with E-state index >= 15 is 0 Å². The number of carbonyl (C=O) groups is 1.